The Morgan fingerprint density at radius 3 is 2.80 bits per heavy atom. The van der Waals surface area contributed by atoms with Crippen molar-refractivity contribution in [2.45, 2.75) is 13.0 Å². The number of para-hydroxylation sites is 3. The third-order valence-electron chi connectivity index (χ3n) is 4.00. The summed E-state index contributed by atoms with van der Waals surface area (Å²) in [4.78, 5) is 26.2. The van der Waals surface area contributed by atoms with Gasteiger partial charge in [0.25, 0.3) is 0 Å². The first kappa shape index (κ1) is 16.8. The number of fused-ring (bicyclic) bond motifs is 1. The minimum absolute atomic E-state index is 0.0473. The normalized spacial score (nSPS) is 13.5. The molecule has 0 aliphatic carbocycles. The van der Waals surface area contributed by atoms with E-state index in [4.69, 9.17) is 9.47 Å². The molecule has 2 aromatic carbocycles. The van der Waals surface area contributed by atoms with E-state index in [9.17, 15) is 9.59 Å². The molecule has 2 amide bonds. The maximum Gasteiger partial charge on any atom is 0.240 e. The molecule has 0 atom stereocenters. The Morgan fingerprint density at radius 2 is 1.96 bits per heavy atom. The molecule has 2 aromatic rings. The van der Waals surface area contributed by atoms with E-state index in [1.807, 2.05) is 36.4 Å². The van der Waals surface area contributed by atoms with E-state index in [-0.39, 0.29) is 24.8 Å². The van der Waals surface area contributed by atoms with Crippen molar-refractivity contribution < 1.29 is 19.1 Å². The maximum absolute atomic E-state index is 12.4. The molecule has 1 aliphatic rings. The molecule has 0 saturated heterocycles. The van der Waals surface area contributed by atoms with Gasteiger partial charge in [0.05, 0.1) is 25.8 Å². The van der Waals surface area contributed by atoms with Crippen LogP contribution in [-0.2, 0) is 16.1 Å². The molecule has 1 N–H and O–H groups in total. The number of nitrogens with one attached hydrogen (secondary N) is 1. The highest BCUT2D eigenvalue weighted by atomic mass is 16.5. The van der Waals surface area contributed by atoms with Crippen molar-refractivity contribution in [3.63, 3.8) is 0 Å². The molecule has 0 bridgehead atoms. The first-order valence-electron chi connectivity index (χ1n) is 8.10. The Hall–Kier alpha value is -3.02. The van der Waals surface area contributed by atoms with Gasteiger partial charge >= 0.3 is 0 Å². The number of methoxy groups -OCH3 is 1. The molecule has 0 aromatic heterocycles. The standard InChI is InChI=1S/C19H20N2O4/c1-24-16-8-4-2-6-14(16)12-20-18(22)13-21-15-7-3-5-9-17(15)25-11-10-19(21)23/h2-9H,10-13H2,1H3,(H,20,22). The molecule has 0 radical (unpaired) electrons. The zero-order chi connectivity index (χ0) is 17.6. The molecule has 3 rings (SSSR count). The van der Waals surface area contributed by atoms with Gasteiger partial charge in [-0.3, -0.25) is 14.5 Å². The van der Waals surface area contributed by atoms with Gasteiger partial charge in [0, 0.05) is 12.1 Å². The van der Waals surface area contributed by atoms with Crippen LogP contribution in [0.15, 0.2) is 48.5 Å². The number of hydrogen-bond acceptors (Lipinski definition) is 4. The van der Waals surface area contributed by atoms with E-state index in [1.54, 1.807) is 19.2 Å². The topological polar surface area (TPSA) is 67.9 Å². The summed E-state index contributed by atoms with van der Waals surface area (Å²) in [6.45, 7) is 0.604. The van der Waals surface area contributed by atoms with Gasteiger partial charge in [-0.1, -0.05) is 30.3 Å². The molecule has 0 fully saturated rings. The van der Waals surface area contributed by atoms with Gasteiger partial charge in [-0.15, -0.1) is 0 Å². The zero-order valence-electron chi connectivity index (χ0n) is 14.0. The lowest BCUT2D eigenvalue weighted by Crippen LogP contribution is -2.40. The van der Waals surface area contributed by atoms with Crippen molar-refractivity contribution in [3.8, 4) is 11.5 Å². The van der Waals surface area contributed by atoms with Crippen molar-refractivity contribution in [1.82, 2.24) is 5.32 Å². The molecule has 0 unspecified atom stereocenters. The summed E-state index contributed by atoms with van der Waals surface area (Å²) in [5.74, 6) is 0.964. The number of benzene rings is 2. The van der Waals surface area contributed by atoms with Crippen LogP contribution in [0, 0.1) is 0 Å². The van der Waals surface area contributed by atoms with Crippen LogP contribution in [0.2, 0.25) is 0 Å². The Bertz CT molecular complexity index is 776. The fraction of sp³-hybridized carbons (Fsp3) is 0.263. The van der Waals surface area contributed by atoms with Gasteiger partial charge in [-0.25, -0.2) is 0 Å². The smallest absolute Gasteiger partial charge is 0.240 e. The summed E-state index contributed by atoms with van der Waals surface area (Å²) in [6, 6.07) is 14.7. The lowest BCUT2D eigenvalue weighted by molar-refractivity contribution is -0.124. The minimum Gasteiger partial charge on any atom is -0.496 e. The van der Waals surface area contributed by atoms with E-state index in [0.717, 1.165) is 5.56 Å². The van der Waals surface area contributed by atoms with E-state index in [0.29, 0.717) is 30.3 Å². The number of hydrogen-bond donors (Lipinski definition) is 1. The van der Waals surface area contributed by atoms with E-state index in [1.165, 1.54) is 4.90 Å². The van der Waals surface area contributed by atoms with Crippen LogP contribution < -0.4 is 19.7 Å². The Morgan fingerprint density at radius 1 is 1.20 bits per heavy atom. The Balaban J connectivity index is 1.69. The monoisotopic (exact) mass is 340 g/mol. The molecule has 6 nitrogen and oxygen atoms in total. The lowest BCUT2D eigenvalue weighted by atomic mass is 10.2. The number of nitrogens with zero attached hydrogens (tertiary/aromatic N) is 1. The summed E-state index contributed by atoms with van der Waals surface area (Å²) in [5.41, 5.74) is 1.50. The summed E-state index contributed by atoms with van der Waals surface area (Å²) in [7, 11) is 1.59. The second-order valence-corrected chi connectivity index (χ2v) is 5.63. The molecule has 6 heteroatoms. The molecule has 25 heavy (non-hydrogen) atoms. The van der Waals surface area contributed by atoms with Crippen LogP contribution in [0.25, 0.3) is 0 Å². The van der Waals surface area contributed by atoms with Crippen LogP contribution in [0.4, 0.5) is 5.69 Å². The minimum atomic E-state index is -0.240. The van der Waals surface area contributed by atoms with E-state index < -0.39 is 0 Å². The zero-order valence-corrected chi connectivity index (χ0v) is 14.0. The maximum atomic E-state index is 12.4. The summed E-state index contributed by atoms with van der Waals surface area (Å²) in [6.07, 6.45) is 0.245. The highest BCUT2D eigenvalue weighted by Crippen LogP contribution is 2.30. The highest BCUT2D eigenvalue weighted by molar-refractivity contribution is 6.00. The van der Waals surface area contributed by atoms with Gasteiger partial charge in [-0.05, 0) is 18.2 Å². The Kier molecular flexibility index (Phi) is 5.18. The SMILES string of the molecule is COc1ccccc1CNC(=O)CN1C(=O)CCOc2ccccc21. The van der Waals surface area contributed by atoms with Crippen molar-refractivity contribution in [1.29, 1.82) is 0 Å². The van der Waals surface area contributed by atoms with Gasteiger partial charge in [0.15, 0.2) is 0 Å². The fourth-order valence-corrected chi connectivity index (χ4v) is 2.74. The van der Waals surface area contributed by atoms with Crippen LogP contribution in [-0.4, -0.2) is 32.1 Å². The summed E-state index contributed by atoms with van der Waals surface area (Å²) >= 11 is 0. The van der Waals surface area contributed by atoms with Crippen molar-refractivity contribution in [2.75, 3.05) is 25.2 Å². The number of carbonyl (C=O) groups is 2. The molecule has 1 heterocycles. The van der Waals surface area contributed by atoms with Crippen LogP contribution in [0.5, 0.6) is 11.5 Å². The number of carbonyl (C=O) groups excluding carboxylic acids is 2. The van der Waals surface area contributed by atoms with Crippen molar-refractivity contribution in [2.24, 2.45) is 0 Å². The molecule has 1 aliphatic heterocycles. The second kappa shape index (κ2) is 7.70. The predicted octanol–water partition coefficient (Wildman–Crippen LogP) is 2.13. The average molecular weight is 340 g/mol. The second-order valence-electron chi connectivity index (χ2n) is 5.63. The van der Waals surface area contributed by atoms with E-state index >= 15 is 0 Å². The number of ether oxygens (including phenoxy) is 2. The van der Waals surface area contributed by atoms with Gasteiger partial charge < -0.3 is 14.8 Å². The Labute approximate surface area is 146 Å². The number of rotatable bonds is 5. The van der Waals surface area contributed by atoms with Crippen LogP contribution in [0.1, 0.15) is 12.0 Å². The third kappa shape index (κ3) is 3.91. The predicted molar refractivity (Wildman–Crippen MR) is 93.7 cm³/mol. The summed E-state index contributed by atoms with van der Waals surface area (Å²) < 4.78 is 10.9. The summed E-state index contributed by atoms with van der Waals surface area (Å²) in [5, 5.41) is 2.84. The third-order valence-corrected chi connectivity index (χ3v) is 4.00. The highest BCUT2D eigenvalue weighted by Gasteiger charge is 2.24. The molecular formula is C19H20N2O4. The number of anilines is 1. The van der Waals surface area contributed by atoms with Gasteiger partial charge in [0.2, 0.25) is 11.8 Å². The van der Waals surface area contributed by atoms with Gasteiger partial charge in [0.1, 0.15) is 18.0 Å². The molecule has 0 saturated carbocycles. The number of amides is 2. The van der Waals surface area contributed by atoms with Crippen LogP contribution in [0.3, 0.4) is 0 Å². The first-order valence-corrected chi connectivity index (χ1v) is 8.10. The van der Waals surface area contributed by atoms with E-state index in [2.05, 4.69) is 5.32 Å². The molecular weight excluding hydrogens is 320 g/mol. The molecule has 130 valence electrons. The van der Waals surface area contributed by atoms with Crippen molar-refractivity contribution in [3.05, 3.63) is 54.1 Å². The molecule has 0 spiro atoms. The largest absolute Gasteiger partial charge is 0.496 e. The van der Waals surface area contributed by atoms with Gasteiger partial charge in [-0.2, -0.15) is 0 Å². The average Bonchev–Trinajstić information content (AvgIpc) is 2.79. The first-order chi connectivity index (χ1) is 12.2. The quantitative estimate of drug-likeness (QED) is 0.905. The van der Waals surface area contributed by atoms with Crippen molar-refractivity contribution >= 4 is 17.5 Å². The lowest BCUT2D eigenvalue weighted by Gasteiger charge is -2.21. The fourth-order valence-electron chi connectivity index (χ4n) is 2.74. The van der Waals surface area contributed by atoms with Crippen LogP contribution >= 0.6 is 0 Å².